The number of phenolic OH excluding ortho intramolecular Hbond substituents is 1. The SMILES string of the molecule is CCOC(CSc1cccc(O)c1)OCC. The lowest BCUT2D eigenvalue weighted by atomic mass is 10.3. The van der Waals surface area contributed by atoms with Crippen molar-refractivity contribution in [2.75, 3.05) is 19.0 Å². The third-order valence-electron chi connectivity index (χ3n) is 1.91. The summed E-state index contributed by atoms with van der Waals surface area (Å²) in [5.41, 5.74) is 0. The normalized spacial score (nSPS) is 10.9. The lowest BCUT2D eigenvalue weighted by molar-refractivity contribution is -0.120. The van der Waals surface area contributed by atoms with Gasteiger partial charge < -0.3 is 14.6 Å². The van der Waals surface area contributed by atoms with Gasteiger partial charge >= 0.3 is 0 Å². The zero-order valence-corrected chi connectivity index (χ0v) is 10.5. The smallest absolute Gasteiger partial charge is 0.166 e. The number of hydrogen-bond donors (Lipinski definition) is 1. The van der Waals surface area contributed by atoms with Crippen molar-refractivity contribution in [3.05, 3.63) is 24.3 Å². The summed E-state index contributed by atoms with van der Waals surface area (Å²) in [5, 5.41) is 9.31. The number of phenols is 1. The van der Waals surface area contributed by atoms with Crippen molar-refractivity contribution < 1.29 is 14.6 Å². The molecule has 0 heterocycles. The average molecular weight is 242 g/mol. The molecule has 0 aliphatic heterocycles. The van der Waals surface area contributed by atoms with Crippen LogP contribution in [0.1, 0.15) is 13.8 Å². The molecule has 0 atom stereocenters. The molecule has 0 saturated heterocycles. The van der Waals surface area contributed by atoms with Crippen molar-refractivity contribution in [2.24, 2.45) is 0 Å². The maximum Gasteiger partial charge on any atom is 0.166 e. The number of benzene rings is 1. The topological polar surface area (TPSA) is 38.7 Å². The Kier molecular flexibility index (Phi) is 6.30. The summed E-state index contributed by atoms with van der Waals surface area (Å²) in [5.74, 6) is 1.01. The van der Waals surface area contributed by atoms with Crippen LogP contribution in [0.5, 0.6) is 5.75 Å². The Morgan fingerprint density at radius 3 is 2.50 bits per heavy atom. The fourth-order valence-corrected chi connectivity index (χ4v) is 2.15. The quantitative estimate of drug-likeness (QED) is 0.589. The molecule has 0 fully saturated rings. The van der Waals surface area contributed by atoms with Crippen LogP contribution in [-0.2, 0) is 9.47 Å². The van der Waals surface area contributed by atoms with E-state index in [1.807, 2.05) is 26.0 Å². The molecule has 1 aromatic carbocycles. The monoisotopic (exact) mass is 242 g/mol. The largest absolute Gasteiger partial charge is 0.508 e. The third-order valence-corrected chi connectivity index (χ3v) is 2.93. The first-order valence-corrected chi connectivity index (χ1v) is 6.39. The number of thioether (sulfide) groups is 1. The third kappa shape index (κ3) is 4.88. The summed E-state index contributed by atoms with van der Waals surface area (Å²) in [6.45, 7) is 5.19. The minimum atomic E-state index is -0.178. The number of hydrogen-bond acceptors (Lipinski definition) is 4. The van der Waals surface area contributed by atoms with Gasteiger partial charge in [-0.3, -0.25) is 0 Å². The van der Waals surface area contributed by atoms with Gasteiger partial charge in [0, 0.05) is 23.9 Å². The van der Waals surface area contributed by atoms with Gasteiger partial charge in [0.05, 0.1) is 0 Å². The standard InChI is InChI=1S/C12H18O3S/c1-3-14-12(15-4-2)9-16-11-7-5-6-10(13)8-11/h5-8,12-13H,3-4,9H2,1-2H3. The molecule has 1 aromatic rings. The molecule has 0 aliphatic rings. The first-order valence-electron chi connectivity index (χ1n) is 5.41. The first-order chi connectivity index (χ1) is 7.76. The van der Waals surface area contributed by atoms with Crippen LogP contribution in [0.2, 0.25) is 0 Å². The number of aromatic hydroxyl groups is 1. The van der Waals surface area contributed by atoms with Crippen LogP contribution >= 0.6 is 11.8 Å². The second-order valence-corrected chi connectivity index (χ2v) is 4.24. The van der Waals surface area contributed by atoms with Crippen LogP contribution in [0.4, 0.5) is 0 Å². The van der Waals surface area contributed by atoms with Gasteiger partial charge in [0.25, 0.3) is 0 Å². The van der Waals surface area contributed by atoms with Crippen molar-refractivity contribution in [1.29, 1.82) is 0 Å². The second kappa shape index (κ2) is 7.54. The lowest BCUT2D eigenvalue weighted by Crippen LogP contribution is -2.19. The van der Waals surface area contributed by atoms with Gasteiger partial charge in [-0.25, -0.2) is 0 Å². The van der Waals surface area contributed by atoms with E-state index in [2.05, 4.69) is 0 Å². The number of ether oxygens (including phenoxy) is 2. The molecule has 0 spiro atoms. The van der Waals surface area contributed by atoms with Crippen LogP contribution in [0.25, 0.3) is 0 Å². The van der Waals surface area contributed by atoms with E-state index in [0.29, 0.717) is 13.2 Å². The summed E-state index contributed by atoms with van der Waals surface area (Å²) in [4.78, 5) is 1.02. The highest BCUT2D eigenvalue weighted by Gasteiger charge is 2.08. The summed E-state index contributed by atoms with van der Waals surface area (Å²) >= 11 is 1.61. The molecule has 1 N–H and O–H groups in total. The molecule has 0 aromatic heterocycles. The highest BCUT2D eigenvalue weighted by molar-refractivity contribution is 7.99. The first kappa shape index (κ1) is 13.4. The summed E-state index contributed by atoms with van der Waals surface area (Å²) < 4.78 is 10.9. The molecule has 0 radical (unpaired) electrons. The van der Waals surface area contributed by atoms with Crippen molar-refractivity contribution in [2.45, 2.75) is 25.0 Å². The van der Waals surface area contributed by atoms with E-state index in [9.17, 15) is 5.11 Å². The number of rotatable bonds is 7. The molecule has 1 rings (SSSR count). The maximum absolute atomic E-state index is 9.31. The van der Waals surface area contributed by atoms with Crippen molar-refractivity contribution in [3.63, 3.8) is 0 Å². The zero-order chi connectivity index (χ0) is 11.8. The van der Waals surface area contributed by atoms with Crippen LogP contribution in [0.3, 0.4) is 0 Å². The Bertz CT molecular complexity index is 298. The Morgan fingerprint density at radius 2 is 1.94 bits per heavy atom. The molecule has 0 unspecified atom stereocenters. The molecule has 0 aliphatic carbocycles. The fourth-order valence-electron chi connectivity index (χ4n) is 1.25. The molecule has 16 heavy (non-hydrogen) atoms. The average Bonchev–Trinajstić information content (AvgIpc) is 2.27. The zero-order valence-electron chi connectivity index (χ0n) is 9.68. The van der Waals surface area contributed by atoms with E-state index in [0.717, 1.165) is 10.6 Å². The van der Waals surface area contributed by atoms with E-state index in [1.54, 1.807) is 23.9 Å². The van der Waals surface area contributed by atoms with Gasteiger partial charge in [0.2, 0.25) is 0 Å². The van der Waals surface area contributed by atoms with E-state index < -0.39 is 0 Å². The van der Waals surface area contributed by atoms with Gasteiger partial charge in [-0.05, 0) is 32.0 Å². The summed E-state index contributed by atoms with van der Waals surface area (Å²) in [7, 11) is 0. The van der Waals surface area contributed by atoms with Crippen LogP contribution < -0.4 is 0 Å². The van der Waals surface area contributed by atoms with Gasteiger partial charge in [-0.2, -0.15) is 0 Å². The molecule has 0 bridgehead atoms. The Morgan fingerprint density at radius 1 is 1.25 bits per heavy atom. The minimum Gasteiger partial charge on any atom is -0.508 e. The lowest BCUT2D eigenvalue weighted by Gasteiger charge is -2.16. The van der Waals surface area contributed by atoms with Crippen LogP contribution in [0, 0.1) is 0 Å². The molecule has 0 saturated carbocycles. The molecule has 3 nitrogen and oxygen atoms in total. The Labute approximate surface area is 101 Å². The molecular formula is C12H18O3S. The van der Waals surface area contributed by atoms with Crippen molar-refractivity contribution >= 4 is 11.8 Å². The van der Waals surface area contributed by atoms with Gasteiger partial charge in [-0.1, -0.05) is 6.07 Å². The second-order valence-electron chi connectivity index (χ2n) is 3.15. The predicted molar refractivity (Wildman–Crippen MR) is 65.9 cm³/mol. The molecule has 4 heteroatoms. The van der Waals surface area contributed by atoms with E-state index >= 15 is 0 Å². The van der Waals surface area contributed by atoms with E-state index in [-0.39, 0.29) is 12.0 Å². The highest BCUT2D eigenvalue weighted by atomic mass is 32.2. The van der Waals surface area contributed by atoms with E-state index in [4.69, 9.17) is 9.47 Å². The van der Waals surface area contributed by atoms with Gasteiger partial charge in [-0.15, -0.1) is 11.8 Å². The minimum absolute atomic E-state index is 0.178. The summed E-state index contributed by atoms with van der Waals surface area (Å²) in [6, 6.07) is 7.18. The Balaban J connectivity index is 2.41. The molecule has 0 amide bonds. The highest BCUT2D eigenvalue weighted by Crippen LogP contribution is 2.23. The van der Waals surface area contributed by atoms with E-state index in [1.165, 1.54) is 0 Å². The predicted octanol–water partition coefficient (Wildman–Crippen LogP) is 2.88. The van der Waals surface area contributed by atoms with Crippen LogP contribution in [0.15, 0.2) is 29.2 Å². The summed E-state index contributed by atoms with van der Waals surface area (Å²) in [6.07, 6.45) is -0.178. The van der Waals surface area contributed by atoms with Crippen molar-refractivity contribution in [1.82, 2.24) is 0 Å². The van der Waals surface area contributed by atoms with Crippen molar-refractivity contribution in [3.8, 4) is 5.75 Å². The Hall–Kier alpha value is -0.710. The fraction of sp³-hybridized carbons (Fsp3) is 0.500. The maximum atomic E-state index is 9.31. The van der Waals surface area contributed by atoms with Gasteiger partial charge in [0.15, 0.2) is 6.29 Å². The molecule has 90 valence electrons. The van der Waals surface area contributed by atoms with Gasteiger partial charge in [0.1, 0.15) is 5.75 Å². The molecular weight excluding hydrogens is 224 g/mol. The van der Waals surface area contributed by atoms with Crippen LogP contribution in [-0.4, -0.2) is 30.4 Å².